The number of hydrogen-bond acceptors (Lipinski definition) is 6. The zero-order chi connectivity index (χ0) is 20.8. The van der Waals surface area contributed by atoms with Crippen molar-refractivity contribution in [2.45, 2.75) is 19.3 Å². The predicted molar refractivity (Wildman–Crippen MR) is 115 cm³/mol. The lowest BCUT2D eigenvalue weighted by Crippen LogP contribution is -2.12. The van der Waals surface area contributed by atoms with Crippen LogP contribution >= 0.6 is 11.3 Å². The van der Waals surface area contributed by atoms with Gasteiger partial charge in [0.15, 0.2) is 16.8 Å². The van der Waals surface area contributed by atoms with Crippen LogP contribution in [-0.2, 0) is 17.6 Å². The van der Waals surface area contributed by atoms with Crippen LogP contribution in [0.4, 0.5) is 5.13 Å². The minimum atomic E-state index is -0.131. The third kappa shape index (κ3) is 4.99. The van der Waals surface area contributed by atoms with Gasteiger partial charge in [-0.25, -0.2) is 9.97 Å². The van der Waals surface area contributed by atoms with E-state index in [2.05, 4.69) is 21.4 Å². The molecule has 4 aromatic rings. The van der Waals surface area contributed by atoms with Crippen molar-refractivity contribution in [1.29, 1.82) is 5.26 Å². The molecule has 0 spiro atoms. The highest BCUT2D eigenvalue weighted by Crippen LogP contribution is 2.23. The third-order valence-corrected chi connectivity index (χ3v) is 5.35. The summed E-state index contributed by atoms with van der Waals surface area (Å²) >= 11 is 1.44. The molecule has 0 saturated carbocycles. The summed E-state index contributed by atoms with van der Waals surface area (Å²) in [6, 6.07) is 19.3. The Kier molecular flexibility index (Phi) is 5.97. The van der Waals surface area contributed by atoms with E-state index in [1.807, 2.05) is 42.5 Å². The van der Waals surface area contributed by atoms with Crippen LogP contribution in [0.25, 0.3) is 11.3 Å². The second-order valence-electron chi connectivity index (χ2n) is 6.65. The Balaban J connectivity index is 1.28. The highest BCUT2D eigenvalue weighted by molar-refractivity contribution is 7.15. The van der Waals surface area contributed by atoms with E-state index in [9.17, 15) is 4.79 Å². The Morgan fingerprint density at radius 2 is 1.87 bits per heavy atom. The van der Waals surface area contributed by atoms with Crippen molar-refractivity contribution in [3.63, 3.8) is 0 Å². The summed E-state index contributed by atoms with van der Waals surface area (Å²) in [4.78, 5) is 21.8. The normalized spacial score (nSPS) is 10.5. The van der Waals surface area contributed by atoms with E-state index in [1.165, 1.54) is 11.3 Å². The molecule has 2 aromatic heterocycles. The summed E-state index contributed by atoms with van der Waals surface area (Å²) in [5, 5.41) is 12.3. The molecule has 6 nitrogen and oxygen atoms in total. The zero-order valence-electron chi connectivity index (χ0n) is 16.0. The van der Waals surface area contributed by atoms with Crippen LogP contribution in [0.1, 0.15) is 28.3 Å². The molecule has 2 heterocycles. The predicted octanol–water partition coefficient (Wildman–Crippen LogP) is 4.83. The van der Waals surface area contributed by atoms with Crippen LogP contribution in [0.3, 0.4) is 0 Å². The van der Waals surface area contributed by atoms with Crippen molar-refractivity contribution in [2.24, 2.45) is 0 Å². The summed E-state index contributed by atoms with van der Waals surface area (Å²) in [5.41, 5.74) is 2.69. The Morgan fingerprint density at radius 3 is 2.63 bits per heavy atom. The number of carbonyl (C=O) groups is 1. The summed E-state index contributed by atoms with van der Waals surface area (Å²) in [7, 11) is 0. The second-order valence-corrected chi connectivity index (χ2v) is 7.76. The number of nitrogens with one attached hydrogen (secondary N) is 1. The molecule has 148 valence electrons. The maximum absolute atomic E-state index is 12.3. The van der Waals surface area contributed by atoms with Gasteiger partial charge in [0.25, 0.3) is 0 Å². The lowest BCUT2D eigenvalue weighted by atomic mass is 10.1. The van der Waals surface area contributed by atoms with Gasteiger partial charge in [-0.15, -0.1) is 11.3 Å². The molecule has 7 heteroatoms. The molecule has 1 N–H and O–H groups in total. The molecule has 0 radical (unpaired) electrons. The molecular formula is C23H18N4O2S. The standard InChI is InChI=1S/C23H18N4O2S/c24-13-17-8-6-16(7-9-17)12-19-14-26-23(30-19)27-21(28)10-11-22-25-15-20(29-22)18-4-2-1-3-5-18/h1-9,14-15H,10-12H2,(H,26,27,28). The maximum Gasteiger partial charge on any atom is 0.226 e. The number of carbonyl (C=O) groups excluding carboxylic acids is 1. The van der Waals surface area contributed by atoms with Crippen molar-refractivity contribution in [1.82, 2.24) is 9.97 Å². The van der Waals surface area contributed by atoms with Crippen LogP contribution in [-0.4, -0.2) is 15.9 Å². The fourth-order valence-electron chi connectivity index (χ4n) is 2.91. The van der Waals surface area contributed by atoms with Gasteiger partial charge in [-0.3, -0.25) is 4.79 Å². The first kappa shape index (κ1) is 19.6. The highest BCUT2D eigenvalue weighted by Gasteiger charge is 2.11. The summed E-state index contributed by atoms with van der Waals surface area (Å²) in [6.45, 7) is 0. The number of nitrogens with zero attached hydrogens (tertiary/aromatic N) is 3. The number of nitriles is 1. The van der Waals surface area contributed by atoms with Crippen molar-refractivity contribution < 1.29 is 9.21 Å². The first-order valence-electron chi connectivity index (χ1n) is 9.43. The first-order valence-corrected chi connectivity index (χ1v) is 10.2. The van der Waals surface area contributed by atoms with Crippen molar-refractivity contribution in [3.05, 3.63) is 88.9 Å². The maximum atomic E-state index is 12.3. The van der Waals surface area contributed by atoms with Gasteiger partial charge < -0.3 is 9.73 Å². The number of benzene rings is 2. The number of oxazole rings is 1. The van der Waals surface area contributed by atoms with Gasteiger partial charge in [0.2, 0.25) is 5.91 Å². The molecule has 0 aliphatic heterocycles. The van der Waals surface area contributed by atoms with Gasteiger partial charge in [0, 0.05) is 35.9 Å². The van der Waals surface area contributed by atoms with E-state index in [4.69, 9.17) is 9.68 Å². The molecule has 2 aromatic carbocycles. The van der Waals surface area contributed by atoms with Crippen molar-refractivity contribution in [2.75, 3.05) is 5.32 Å². The molecule has 0 saturated heterocycles. The van der Waals surface area contributed by atoms with E-state index < -0.39 is 0 Å². The monoisotopic (exact) mass is 414 g/mol. The summed E-state index contributed by atoms with van der Waals surface area (Å²) < 4.78 is 5.73. The Bertz CT molecular complexity index is 1170. The van der Waals surface area contributed by atoms with E-state index in [0.717, 1.165) is 16.0 Å². The van der Waals surface area contributed by atoms with Crippen molar-refractivity contribution in [3.8, 4) is 17.4 Å². The van der Waals surface area contributed by atoms with Gasteiger partial charge in [-0.1, -0.05) is 42.5 Å². The van der Waals surface area contributed by atoms with E-state index >= 15 is 0 Å². The molecule has 0 atom stereocenters. The Labute approximate surface area is 177 Å². The average molecular weight is 414 g/mol. The number of amides is 1. The number of aromatic nitrogens is 2. The SMILES string of the molecule is N#Cc1ccc(Cc2cnc(NC(=O)CCc3ncc(-c4ccccc4)o3)s2)cc1. The van der Waals surface area contributed by atoms with Crippen LogP contribution in [0.15, 0.2) is 71.4 Å². The van der Waals surface area contributed by atoms with Gasteiger partial charge >= 0.3 is 0 Å². The van der Waals surface area contributed by atoms with E-state index in [0.29, 0.717) is 35.2 Å². The number of hydrogen-bond donors (Lipinski definition) is 1. The fourth-order valence-corrected chi connectivity index (χ4v) is 3.77. The minimum absolute atomic E-state index is 0.131. The van der Waals surface area contributed by atoms with Gasteiger partial charge in [0.1, 0.15) is 0 Å². The quantitative estimate of drug-likeness (QED) is 0.467. The molecule has 0 aliphatic carbocycles. The van der Waals surface area contributed by atoms with Crippen LogP contribution in [0, 0.1) is 11.3 Å². The van der Waals surface area contributed by atoms with Gasteiger partial charge in [-0.2, -0.15) is 5.26 Å². The molecule has 0 bridgehead atoms. The molecular weight excluding hydrogens is 396 g/mol. The minimum Gasteiger partial charge on any atom is -0.441 e. The van der Waals surface area contributed by atoms with Crippen molar-refractivity contribution >= 4 is 22.4 Å². The average Bonchev–Trinajstić information content (AvgIpc) is 3.43. The smallest absolute Gasteiger partial charge is 0.226 e. The zero-order valence-corrected chi connectivity index (χ0v) is 16.9. The fraction of sp³-hybridized carbons (Fsp3) is 0.130. The topological polar surface area (TPSA) is 91.8 Å². The number of rotatable bonds is 7. The van der Waals surface area contributed by atoms with E-state index in [1.54, 1.807) is 24.5 Å². The number of anilines is 1. The Hall–Kier alpha value is -3.76. The molecule has 0 aliphatic rings. The molecule has 0 unspecified atom stereocenters. The summed E-state index contributed by atoms with van der Waals surface area (Å²) in [5.74, 6) is 1.09. The lowest BCUT2D eigenvalue weighted by Gasteiger charge is -2.00. The van der Waals surface area contributed by atoms with E-state index in [-0.39, 0.29) is 12.3 Å². The molecule has 4 rings (SSSR count). The molecule has 1 amide bonds. The second kappa shape index (κ2) is 9.16. The van der Waals surface area contributed by atoms with Crippen LogP contribution in [0.2, 0.25) is 0 Å². The van der Waals surface area contributed by atoms with Gasteiger partial charge in [0.05, 0.1) is 17.8 Å². The van der Waals surface area contributed by atoms with Crippen LogP contribution in [0.5, 0.6) is 0 Å². The molecule has 30 heavy (non-hydrogen) atoms. The third-order valence-electron chi connectivity index (χ3n) is 4.44. The molecule has 0 fully saturated rings. The lowest BCUT2D eigenvalue weighted by molar-refractivity contribution is -0.116. The summed E-state index contributed by atoms with van der Waals surface area (Å²) in [6.07, 6.45) is 4.83. The van der Waals surface area contributed by atoms with Gasteiger partial charge in [-0.05, 0) is 17.7 Å². The Morgan fingerprint density at radius 1 is 1.07 bits per heavy atom. The number of aryl methyl sites for hydroxylation is 1. The highest BCUT2D eigenvalue weighted by atomic mass is 32.1. The first-order chi connectivity index (χ1) is 14.7. The number of thiazole rings is 1. The largest absolute Gasteiger partial charge is 0.441 e. The van der Waals surface area contributed by atoms with Crippen LogP contribution < -0.4 is 5.32 Å².